The average Bonchev–Trinajstić information content (AvgIpc) is 2.20. The third-order valence-corrected chi connectivity index (χ3v) is 1.29. The summed E-state index contributed by atoms with van der Waals surface area (Å²) in [4.78, 5) is 0. The summed E-state index contributed by atoms with van der Waals surface area (Å²) in [6.07, 6.45) is 0. The highest BCUT2D eigenvalue weighted by atomic mass is 35.5. The number of methoxy groups -OCH3 is 2. The Balaban J connectivity index is 0. The predicted molar refractivity (Wildman–Crippen MR) is 50.2 cm³/mol. The second-order valence-corrected chi connectivity index (χ2v) is 1.85. The van der Waals surface area contributed by atoms with Crippen LogP contribution in [0.25, 0.3) is 0 Å². The molecule has 0 aromatic heterocycles. The molecule has 1 rings (SSSR count). The Morgan fingerprint density at radius 3 is 1.46 bits per heavy atom. The molecule has 5 heteroatoms. The van der Waals surface area contributed by atoms with Gasteiger partial charge in [-0.05, 0) is 12.1 Å². The van der Waals surface area contributed by atoms with Crippen molar-refractivity contribution in [3.8, 4) is 11.5 Å². The minimum absolute atomic E-state index is 0. The molecule has 0 amide bonds. The van der Waals surface area contributed by atoms with E-state index in [1.807, 2.05) is 24.3 Å². The summed E-state index contributed by atoms with van der Waals surface area (Å²) in [5.41, 5.74) is 0. The van der Waals surface area contributed by atoms with Crippen molar-refractivity contribution in [1.29, 1.82) is 10.8 Å². The molecule has 1 aromatic carbocycles. The van der Waals surface area contributed by atoms with Crippen molar-refractivity contribution in [2.75, 3.05) is 14.2 Å². The Labute approximate surface area is 83.3 Å². The van der Waals surface area contributed by atoms with Crippen molar-refractivity contribution in [2.24, 2.45) is 0 Å². The second-order valence-electron chi connectivity index (χ2n) is 1.85. The lowest BCUT2D eigenvalue weighted by atomic mass is 10.3. The molecule has 0 aliphatic heterocycles. The van der Waals surface area contributed by atoms with Gasteiger partial charge in [0.15, 0.2) is 11.5 Å². The molecule has 0 aliphatic rings. The van der Waals surface area contributed by atoms with Crippen LogP contribution < -0.4 is 9.47 Å². The molecule has 0 saturated carbocycles. The molecule has 0 bridgehead atoms. The highest BCUT2D eigenvalue weighted by molar-refractivity contribution is 5.85. The monoisotopic (exact) mass is 202 g/mol. The number of hydrogen-bond acceptors (Lipinski definition) is 4. The lowest BCUT2D eigenvalue weighted by molar-refractivity contribution is 0.355. The molecule has 1 aromatic rings. The maximum absolute atomic E-state index is 6.00. The SMILES string of the molecule is COc1ccccc1OC.Cl.N#N. The van der Waals surface area contributed by atoms with Crippen molar-refractivity contribution in [1.82, 2.24) is 0 Å². The molecular weight excluding hydrogens is 192 g/mol. The molecule has 4 nitrogen and oxygen atoms in total. The van der Waals surface area contributed by atoms with E-state index in [1.54, 1.807) is 14.2 Å². The van der Waals surface area contributed by atoms with E-state index in [-0.39, 0.29) is 12.4 Å². The molecule has 0 heterocycles. The fourth-order valence-electron chi connectivity index (χ4n) is 0.787. The number of nitrogens with zero attached hydrogens (tertiary/aromatic N) is 2. The van der Waals surface area contributed by atoms with Crippen molar-refractivity contribution in [3.05, 3.63) is 24.3 Å². The normalized spacial score (nSPS) is 7.08. The zero-order valence-corrected chi connectivity index (χ0v) is 8.25. The zero-order valence-electron chi connectivity index (χ0n) is 7.43. The van der Waals surface area contributed by atoms with Gasteiger partial charge in [-0.25, -0.2) is 0 Å². The number of ether oxygens (including phenoxy) is 2. The Kier molecular flexibility index (Phi) is 9.34. The Bertz CT molecular complexity index is 230. The highest BCUT2D eigenvalue weighted by Gasteiger charge is 1.97. The summed E-state index contributed by atoms with van der Waals surface area (Å²) >= 11 is 0. The molecule has 13 heavy (non-hydrogen) atoms. The summed E-state index contributed by atoms with van der Waals surface area (Å²) in [6, 6.07) is 7.53. The molecule has 0 unspecified atom stereocenters. The molecular formula is C8H11ClN2O2. The van der Waals surface area contributed by atoms with Crippen LogP contribution in [0.1, 0.15) is 0 Å². The van der Waals surface area contributed by atoms with Gasteiger partial charge < -0.3 is 9.47 Å². The van der Waals surface area contributed by atoms with Gasteiger partial charge >= 0.3 is 0 Å². The van der Waals surface area contributed by atoms with Gasteiger partial charge in [0, 0.05) is 10.8 Å². The van der Waals surface area contributed by atoms with Gasteiger partial charge in [0.05, 0.1) is 14.2 Å². The Morgan fingerprint density at radius 2 is 1.23 bits per heavy atom. The predicted octanol–water partition coefficient (Wildman–Crippen LogP) is 2.16. The van der Waals surface area contributed by atoms with E-state index in [2.05, 4.69) is 0 Å². The molecule has 0 radical (unpaired) electrons. The van der Waals surface area contributed by atoms with Crippen LogP contribution in [0.4, 0.5) is 0 Å². The van der Waals surface area contributed by atoms with Crippen LogP contribution in [0.5, 0.6) is 11.5 Å². The molecule has 0 aliphatic carbocycles. The zero-order chi connectivity index (χ0) is 9.40. The van der Waals surface area contributed by atoms with Crippen molar-refractivity contribution in [2.45, 2.75) is 0 Å². The third kappa shape index (κ3) is 4.19. The number of para-hydroxylation sites is 2. The number of hydrogen-bond donors (Lipinski definition) is 0. The van der Waals surface area contributed by atoms with Crippen LogP contribution in [0.2, 0.25) is 0 Å². The van der Waals surface area contributed by atoms with Crippen LogP contribution in [0.3, 0.4) is 0 Å². The third-order valence-electron chi connectivity index (χ3n) is 1.29. The maximum atomic E-state index is 6.00. The topological polar surface area (TPSA) is 66.0 Å². The van der Waals surface area contributed by atoms with E-state index in [0.29, 0.717) is 0 Å². The van der Waals surface area contributed by atoms with E-state index in [4.69, 9.17) is 20.3 Å². The van der Waals surface area contributed by atoms with E-state index in [9.17, 15) is 0 Å². The average molecular weight is 203 g/mol. The Morgan fingerprint density at radius 1 is 0.923 bits per heavy atom. The highest BCUT2D eigenvalue weighted by Crippen LogP contribution is 2.24. The summed E-state index contributed by atoms with van der Waals surface area (Å²) in [7, 11) is 3.25. The van der Waals surface area contributed by atoms with E-state index in [1.165, 1.54) is 0 Å². The lowest BCUT2D eigenvalue weighted by Gasteiger charge is -2.04. The molecule has 0 spiro atoms. The van der Waals surface area contributed by atoms with Crippen molar-refractivity contribution < 1.29 is 9.47 Å². The minimum atomic E-state index is 0. The van der Waals surface area contributed by atoms with Gasteiger partial charge in [-0.1, -0.05) is 12.1 Å². The molecule has 0 saturated heterocycles. The van der Waals surface area contributed by atoms with Gasteiger partial charge in [0.25, 0.3) is 0 Å². The maximum Gasteiger partial charge on any atom is 0.160 e. The quantitative estimate of drug-likeness (QED) is 0.690. The van der Waals surface area contributed by atoms with Crippen LogP contribution in [-0.4, -0.2) is 14.2 Å². The van der Waals surface area contributed by atoms with Gasteiger partial charge in [-0.2, -0.15) is 0 Å². The van der Waals surface area contributed by atoms with Gasteiger partial charge in [0.1, 0.15) is 0 Å². The van der Waals surface area contributed by atoms with Gasteiger partial charge in [-0.3, -0.25) is 0 Å². The first kappa shape index (κ1) is 14.1. The second kappa shape index (κ2) is 8.62. The van der Waals surface area contributed by atoms with Crippen LogP contribution in [0, 0.1) is 10.8 Å². The first-order chi connectivity index (χ1) is 5.88. The first-order valence-corrected chi connectivity index (χ1v) is 3.25. The lowest BCUT2D eigenvalue weighted by Crippen LogP contribution is -1.88. The first-order valence-electron chi connectivity index (χ1n) is 3.25. The molecule has 72 valence electrons. The summed E-state index contributed by atoms with van der Waals surface area (Å²) < 4.78 is 10.0. The Hall–Kier alpha value is -1.47. The number of rotatable bonds is 2. The minimum Gasteiger partial charge on any atom is -0.493 e. The smallest absolute Gasteiger partial charge is 0.160 e. The van der Waals surface area contributed by atoms with Crippen LogP contribution >= 0.6 is 12.4 Å². The fourth-order valence-corrected chi connectivity index (χ4v) is 0.787. The van der Waals surface area contributed by atoms with Crippen molar-refractivity contribution in [3.63, 3.8) is 0 Å². The number of halogens is 1. The van der Waals surface area contributed by atoms with E-state index in [0.717, 1.165) is 11.5 Å². The fraction of sp³-hybridized carbons (Fsp3) is 0.250. The van der Waals surface area contributed by atoms with Crippen LogP contribution in [-0.2, 0) is 0 Å². The van der Waals surface area contributed by atoms with E-state index >= 15 is 0 Å². The van der Waals surface area contributed by atoms with Crippen molar-refractivity contribution >= 4 is 12.4 Å². The summed E-state index contributed by atoms with van der Waals surface area (Å²) in [6.45, 7) is 0. The molecule has 0 N–H and O–H groups in total. The molecule has 0 fully saturated rings. The molecule has 0 atom stereocenters. The number of benzene rings is 1. The summed E-state index contributed by atoms with van der Waals surface area (Å²) in [5, 5.41) is 12.0. The van der Waals surface area contributed by atoms with Crippen LogP contribution in [0.15, 0.2) is 24.3 Å². The van der Waals surface area contributed by atoms with E-state index < -0.39 is 0 Å². The summed E-state index contributed by atoms with van der Waals surface area (Å²) in [5.74, 6) is 1.54. The van der Waals surface area contributed by atoms with Gasteiger partial charge in [-0.15, -0.1) is 12.4 Å². The standard InChI is InChI=1S/C8H10O2.ClH.N2/c1-9-7-5-3-4-6-8(7)10-2;;1-2/h3-6H,1-2H3;1H;. The largest absolute Gasteiger partial charge is 0.493 e. The van der Waals surface area contributed by atoms with Gasteiger partial charge in [0.2, 0.25) is 0 Å².